The van der Waals surface area contributed by atoms with Gasteiger partial charge in [-0.2, -0.15) is 18.3 Å². The van der Waals surface area contributed by atoms with E-state index < -0.39 is 36.6 Å². The van der Waals surface area contributed by atoms with Gasteiger partial charge in [0.2, 0.25) is 5.91 Å². The SMILES string of the molecule is CC#Cc1ccc2c(=O)[nH]nc(Cc3ccc(F)c(C(=O)N4CCN(C(=O)CCC(F)(F)F)CC4)c3)c2c1. The van der Waals surface area contributed by atoms with Crippen molar-refractivity contribution in [2.75, 3.05) is 26.2 Å². The van der Waals surface area contributed by atoms with Crippen LogP contribution in [0.25, 0.3) is 10.8 Å². The minimum atomic E-state index is -4.42. The van der Waals surface area contributed by atoms with E-state index in [1.807, 2.05) is 0 Å². The van der Waals surface area contributed by atoms with Gasteiger partial charge in [0.25, 0.3) is 11.5 Å². The molecule has 0 unspecified atom stereocenters. The van der Waals surface area contributed by atoms with Crippen molar-refractivity contribution >= 4 is 22.6 Å². The molecule has 0 saturated carbocycles. The van der Waals surface area contributed by atoms with E-state index in [-0.39, 0.29) is 43.7 Å². The molecule has 198 valence electrons. The second kappa shape index (κ2) is 11.0. The first-order valence-electron chi connectivity index (χ1n) is 11.9. The van der Waals surface area contributed by atoms with Crippen molar-refractivity contribution in [3.63, 3.8) is 0 Å². The lowest BCUT2D eigenvalue weighted by Gasteiger charge is -2.35. The van der Waals surface area contributed by atoms with Gasteiger partial charge in [0, 0.05) is 50.0 Å². The molecule has 7 nitrogen and oxygen atoms in total. The highest BCUT2D eigenvalue weighted by Crippen LogP contribution is 2.23. The number of H-pyrrole nitrogens is 1. The zero-order valence-corrected chi connectivity index (χ0v) is 20.5. The third kappa shape index (κ3) is 6.19. The fourth-order valence-corrected chi connectivity index (χ4v) is 4.35. The number of alkyl halides is 3. The summed E-state index contributed by atoms with van der Waals surface area (Å²) in [6.45, 7) is 1.99. The second-order valence-electron chi connectivity index (χ2n) is 8.91. The molecule has 11 heteroatoms. The maximum absolute atomic E-state index is 14.7. The van der Waals surface area contributed by atoms with Crippen molar-refractivity contribution in [1.82, 2.24) is 20.0 Å². The van der Waals surface area contributed by atoms with Crippen molar-refractivity contribution < 1.29 is 27.2 Å². The van der Waals surface area contributed by atoms with Crippen LogP contribution in [0.5, 0.6) is 0 Å². The molecule has 1 aromatic heterocycles. The topological polar surface area (TPSA) is 86.4 Å². The fourth-order valence-electron chi connectivity index (χ4n) is 4.35. The van der Waals surface area contributed by atoms with Crippen molar-refractivity contribution in [2.45, 2.75) is 32.4 Å². The molecule has 0 atom stereocenters. The van der Waals surface area contributed by atoms with Crippen molar-refractivity contribution in [3.05, 3.63) is 75.0 Å². The van der Waals surface area contributed by atoms with Crippen LogP contribution in [0.15, 0.2) is 41.2 Å². The summed E-state index contributed by atoms with van der Waals surface area (Å²) in [4.78, 5) is 40.0. The number of aromatic nitrogens is 2. The summed E-state index contributed by atoms with van der Waals surface area (Å²) in [6.07, 6.45) is -6.05. The second-order valence-corrected chi connectivity index (χ2v) is 8.91. The first-order chi connectivity index (χ1) is 18.1. The number of piperazine rings is 1. The molecule has 0 spiro atoms. The van der Waals surface area contributed by atoms with E-state index in [0.29, 0.717) is 27.6 Å². The molecule has 0 radical (unpaired) electrons. The summed E-state index contributed by atoms with van der Waals surface area (Å²) in [5, 5.41) is 7.65. The van der Waals surface area contributed by atoms with Gasteiger partial charge in [-0.3, -0.25) is 14.4 Å². The Morgan fingerprint density at radius 3 is 2.42 bits per heavy atom. The lowest BCUT2D eigenvalue weighted by molar-refractivity contribution is -0.149. The molecule has 0 bridgehead atoms. The Kier molecular flexibility index (Phi) is 7.80. The van der Waals surface area contributed by atoms with Crippen LogP contribution < -0.4 is 5.56 Å². The van der Waals surface area contributed by atoms with Crippen LogP contribution in [0.1, 0.15) is 46.9 Å². The average Bonchev–Trinajstić information content (AvgIpc) is 2.89. The molecule has 38 heavy (non-hydrogen) atoms. The number of hydrogen-bond acceptors (Lipinski definition) is 4. The molecule has 2 amide bonds. The monoisotopic (exact) mass is 528 g/mol. The maximum atomic E-state index is 14.7. The molecule has 0 aliphatic carbocycles. The van der Waals surface area contributed by atoms with Crippen LogP contribution in [-0.4, -0.2) is 64.2 Å². The number of carbonyl (C=O) groups is 2. The number of benzene rings is 2. The molecule has 2 aromatic carbocycles. The van der Waals surface area contributed by atoms with Crippen LogP contribution in [0.3, 0.4) is 0 Å². The fraction of sp³-hybridized carbons (Fsp3) is 0.333. The minimum absolute atomic E-state index is 0.0695. The number of carbonyl (C=O) groups excluding carboxylic acids is 2. The Labute approximate surface area is 215 Å². The highest BCUT2D eigenvalue weighted by molar-refractivity contribution is 5.95. The Morgan fingerprint density at radius 2 is 1.74 bits per heavy atom. The van der Waals surface area contributed by atoms with Crippen LogP contribution in [-0.2, 0) is 11.2 Å². The van der Waals surface area contributed by atoms with Crippen molar-refractivity contribution in [1.29, 1.82) is 0 Å². The number of nitrogens with zero attached hydrogens (tertiary/aromatic N) is 3. The molecule has 3 aromatic rings. The lowest BCUT2D eigenvalue weighted by Crippen LogP contribution is -2.50. The summed E-state index contributed by atoms with van der Waals surface area (Å²) in [6, 6.07) is 9.28. The van der Waals surface area contributed by atoms with Gasteiger partial charge in [-0.25, -0.2) is 9.49 Å². The van der Waals surface area contributed by atoms with Gasteiger partial charge in [0.05, 0.1) is 23.1 Å². The number of rotatable bonds is 5. The quantitative estimate of drug-likeness (QED) is 0.405. The van der Waals surface area contributed by atoms with Crippen LogP contribution in [0.2, 0.25) is 0 Å². The highest BCUT2D eigenvalue weighted by atomic mass is 19.4. The van der Waals surface area contributed by atoms with E-state index in [1.54, 1.807) is 25.1 Å². The number of hydrogen-bond donors (Lipinski definition) is 1. The zero-order valence-electron chi connectivity index (χ0n) is 20.5. The highest BCUT2D eigenvalue weighted by Gasteiger charge is 2.31. The lowest BCUT2D eigenvalue weighted by atomic mass is 10.0. The van der Waals surface area contributed by atoms with Crippen LogP contribution in [0.4, 0.5) is 17.6 Å². The van der Waals surface area contributed by atoms with E-state index in [2.05, 4.69) is 22.0 Å². The molecular weight excluding hydrogens is 504 g/mol. The summed E-state index contributed by atoms with van der Waals surface area (Å²) >= 11 is 0. The van der Waals surface area contributed by atoms with Gasteiger partial charge >= 0.3 is 6.18 Å². The zero-order chi connectivity index (χ0) is 27.4. The van der Waals surface area contributed by atoms with Crippen LogP contribution >= 0.6 is 0 Å². The van der Waals surface area contributed by atoms with Crippen molar-refractivity contribution in [3.8, 4) is 11.8 Å². The Hall–Kier alpha value is -4.20. The normalized spacial score (nSPS) is 13.8. The molecule has 1 aliphatic heterocycles. The van der Waals surface area contributed by atoms with E-state index in [1.165, 1.54) is 28.0 Å². The van der Waals surface area contributed by atoms with Gasteiger partial charge in [-0.15, -0.1) is 5.92 Å². The Bertz CT molecular complexity index is 1500. The summed E-state index contributed by atoms with van der Waals surface area (Å²) < 4.78 is 51.9. The number of halogens is 4. The van der Waals surface area contributed by atoms with E-state index in [9.17, 15) is 31.9 Å². The molecule has 1 fully saturated rings. The average molecular weight is 529 g/mol. The van der Waals surface area contributed by atoms with Gasteiger partial charge in [-0.05, 0) is 42.8 Å². The number of amides is 2. The molecular formula is C27H24F4N4O3. The van der Waals surface area contributed by atoms with Gasteiger partial charge in [0.1, 0.15) is 5.82 Å². The van der Waals surface area contributed by atoms with Gasteiger partial charge < -0.3 is 9.80 Å². The number of nitrogens with one attached hydrogen (secondary N) is 1. The molecule has 1 aliphatic rings. The Morgan fingerprint density at radius 1 is 1.03 bits per heavy atom. The summed E-state index contributed by atoms with van der Waals surface area (Å²) in [7, 11) is 0. The number of fused-ring (bicyclic) bond motifs is 1. The largest absolute Gasteiger partial charge is 0.389 e. The summed E-state index contributed by atoms with van der Waals surface area (Å²) in [5.41, 5.74) is 1.30. The first-order valence-corrected chi connectivity index (χ1v) is 11.9. The molecule has 4 rings (SSSR count). The van der Waals surface area contributed by atoms with Gasteiger partial charge in [0.15, 0.2) is 0 Å². The summed E-state index contributed by atoms with van der Waals surface area (Å²) in [5.74, 6) is 3.82. The standard InChI is InChI=1S/C27H24F4N4O3/c1-2-3-17-4-6-19-20(14-17)23(32-33-25(19)37)16-18-5-7-22(28)21(15-18)26(38)35-12-10-34(11-13-35)24(36)8-9-27(29,30)31/h4-7,14-15H,8-13,16H2,1H3,(H,33,37). The molecule has 2 heterocycles. The van der Waals surface area contributed by atoms with Crippen molar-refractivity contribution in [2.24, 2.45) is 0 Å². The van der Waals surface area contributed by atoms with E-state index >= 15 is 0 Å². The maximum Gasteiger partial charge on any atom is 0.389 e. The third-order valence-corrected chi connectivity index (χ3v) is 6.31. The predicted octanol–water partition coefficient (Wildman–Crippen LogP) is 3.65. The smallest absolute Gasteiger partial charge is 0.339 e. The van der Waals surface area contributed by atoms with Crippen LogP contribution in [0, 0.1) is 17.7 Å². The van der Waals surface area contributed by atoms with E-state index in [4.69, 9.17) is 0 Å². The molecule has 1 saturated heterocycles. The van der Waals surface area contributed by atoms with E-state index in [0.717, 1.165) is 0 Å². The molecule has 1 N–H and O–H groups in total. The first kappa shape index (κ1) is 26.9. The van der Waals surface area contributed by atoms with Gasteiger partial charge in [-0.1, -0.05) is 12.0 Å². The Balaban J connectivity index is 1.50. The minimum Gasteiger partial charge on any atom is -0.339 e. The predicted molar refractivity (Wildman–Crippen MR) is 132 cm³/mol. The number of aromatic amines is 1. The third-order valence-electron chi connectivity index (χ3n) is 6.31.